The van der Waals surface area contributed by atoms with Gasteiger partial charge in [0.1, 0.15) is 21.7 Å². The highest BCUT2D eigenvalue weighted by Crippen LogP contribution is 2.33. The van der Waals surface area contributed by atoms with Crippen LogP contribution in [-0.4, -0.2) is 45.6 Å². The van der Waals surface area contributed by atoms with Crippen molar-refractivity contribution in [2.75, 3.05) is 24.5 Å². The minimum atomic E-state index is -0.343. The van der Waals surface area contributed by atoms with Crippen molar-refractivity contribution >= 4 is 52.1 Å². The van der Waals surface area contributed by atoms with E-state index >= 15 is 0 Å². The van der Waals surface area contributed by atoms with E-state index in [1.807, 2.05) is 18.2 Å². The Labute approximate surface area is 230 Å². The summed E-state index contributed by atoms with van der Waals surface area (Å²) in [5.41, 5.74) is 0.704. The zero-order chi connectivity index (χ0) is 26.5. The van der Waals surface area contributed by atoms with Crippen LogP contribution in [0.3, 0.4) is 0 Å². The zero-order valence-corrected chi connectivity index (χ0v) is 22.4. The standard InChI is InChI=1S/C28H28FN3O4S2/c29-21-8-6-20(7-9-21)17-24-27(34)32(28(37)38-24)15-12-25(33)31(18-22-5-4-16-35-22)19-23-10-11-26(36-23)30-13-2-1-3-14-30/h4-11,16-17H,1-3,12-15,18-19H2/b24-17-. The summed E-state index contributed by atoms with van der Waals surface area (Å²) in [6.45, 7) is 2.68. The summed E-state index contributed by atoms with van der Waals surface area (Å²) in [6.07, 6.45) is 6.88. The number of thiocarbonyl (C=S) groups is 1. The molecule has 1 aromatic carbocycles. The minimum absolute atomic E-state index is 0.0939. The van der Waals surface area contributed by atoms with Gasteiger partial charge in [0.15, 0.2) is 5.88 Å². The second-order valence-electron chi connectivity index (χ2n) is 9.25. The van der Waals surface area contributed by atoms with Gasteiger partial charge >= 0.3 is 0 Å². The van der Waals surface area contributed by atoms with E-state index in [1.165, 1.54) is 35.2 Å². The summed E-state index contributed by atoms with van der Waals surface area (Å²) in [7, 11) is 0. The van der Waals surface area contributed by atoms with Crippen LogP contribution in [0.25, 0.3) is 6.08 Å². The Bertz CT molecular complexity index is 1310. The van der Waals surface area contributed by atoms with Crippen molar-refractivity contribution in [2.24, 2.45) is 0 Å². The molecule has 198 valence electrons. The number of piperidine rings is 1. The monoisotopic (exact) mass is 553 g/mol. The number of rotatable bonds is 9. The molecule has 2 amide bonds. The molecule has 2 aromatic heterocycles. The van der Waals surface area contributed by atoms with E-state index in [0.717, 1.165) is 31.8 Å². The van der Waals surface area contributed by atoms with Crippen LogP contribution in [0.5, 0.6) is 0 Å². The Morgan fingerprint density at radius 1 is 1.05 bits per heavy atom. The number of benzene rings is 1. The van der Waals surface area contributed by atoms with E-state index in [9.17, 15) is 14.0 Å². The number of amides is 2. The second-order valence-corrected chi connectivity index (χ2v) is 10.9. The molecule has 0 spiro atoms. The maximum absolute atomic E-state index is 13.4. The number of anilines is 1. The first-order valence-corrected chi connectivity index (χ1v) is 13.8. The van der Waals surface area contributed by atoms with Crippen LogP contribution in [0.4, 0.5) is 10.3 Å². The quantitative estimate of drug-likeness (QED) is 0.244. The summed E-state index contributed by atoms with van der Waals surface area (Å²) in [5.74, 6) is 1.44. The van der Waals surface area contributed by atoms with Gasteiger partial charge in [0.2, 0.25) is 5.91 Å². The number of hydrogen-bond donors (Lipinski definition) is 0. The van der Waals surface area contributed by atoms with Gasteiger partial charge in [-0.2, -0.15) is 0 Å². The molecule has 2 aliphatic rings. The van der Waals surface area contributed by atoms with E-state index in [0.29, 0.717) is 26.3 Å². The molecule has 10 heteroatoms. The Morgan fingerprint density at radius 2 is 1.82 bits per heavy atom. The number of nitrogens with zero attached hydrogens (tertiary/aromatic N) is 3. The van der Waals surface area contributed by atoms with Gasteiger partial charge in [-0.1, -0.05) is 36.1 Å². The molecule has 38 heavy (non-hydrogen) atoms. The van der Waals surface area contributed by atoms with Crippen molar-refractivity contribution < 1.29 is 22.8 Å². The number of furan rings is 2. The van der Waals surface area contributed by atoms with E-state index < -0.39 is 0 Å². The number of carbonyl (C=O) groups excluding carboxylic acids is 2. The lowest BCUT2D eigenvalue weighted by atomic mass is 10.1. The maximum Gasteiger partial charge on any atom is 0.266 e. The Kier molecular flexibility index (Phi) is 8.29. The lowest BCUT2D eigenvalue weighted by Gasteiger charge is -2.26. The lowest BCUT2D eigenvalue weighted by Crippen LogP contribution is -2.35. The summed E-state index contributed by atoms with van der Waals surface area (Å²) in [6, 6.07) is 13.4. The minimum Gasteiger partial charge on any atom is -0.467 e. The molecule has 0 N–H and O–H groups in total. The first-order chi connectivity index (χ1) is 18.5. The molecule has 7 nitrogen and oxygen atoms in total. The van der Waals surface area contributed by atoms with Crippen molar-refractivity contribution in [3.8, 4) is 0 Å². The number of thioether (sulfide) groups is 1. The van der Waals surface area contributed by atoms with Crippen molar-refractivity contribution in [3.63, 3.8) is 0 Å². The SMILES string of the molecule is O=C(CCN1C(=O)/C(=C/c2ccc(F)cc2)SC1=S)N(Cc1ccco1)Cc1ccc(N2CCCCC2)o1. The second kappa shape index (κ2) is 12.0. The molecule has 0 saturated carbocycles. The van der Waals surface area contributed by atoms with Crippen molar-refractivity contribution in [1.82, 2.24) is 9.80 Å². The van der Waals surface area contributed by atoms with Crippen LogP contribution in [-0.2, 0) is 22.7 Å². The van der Waals surface area contributed by atoms with Crippen molar-refractivity contribution in [2.45, 2.75) is 38.8 Å². The van der Waals surface area contributed by atoms with E-state index in [1.54, 1.807) is 35.4 Å². The molecule has 2 saturated heterocycles. The van der Waals surface area contributed by atoms with E-state index in [-0.39, 0.29) is 43.7 Å². The largest absolute Gasteiger partial charge is 0.467 e. The first-order valence-electron chi connectivity index (χ1n) is 12.6. The van der Waals surface area contributed by atoms with Gasteiger partial charge in [-0.05, 0) is 61.2 Å². The molecule has 0 bridgehead atoms. The van der Waals surface area contributed by atoms with Gasteiger partial charge in [0.25, 0.3) is 5.91 Å². The van der Waals surface area contributed by atoms with Crippen LogP contribution >= 0.6 is 24.0 Å². The van der Waals surface area contributed by atoms with Crippen LogP contribution in [0.1, 0.15) is 42.8 Å². The fourth-order valence-corrected chi connectivity index (χ4v) is 5.82. The third-order valence-electron chi connectivity index (χ3n) is 6.53. The van der Waals surface area contributed by atoms with Crippen LogP contribution in [0.2, 0.25) is 0 Å². The zero-order valence-electron chi connectivity index (χ0n) is 20.8. The smallest absolute Gasteiger partial charge is 0.266 e. The maximum atomic E-state index is 13.4. The highest BCUT2D eigenvalue weighted by atomic mass is 32.2. The molecule has 2 aliphatic heterocycles. The predicted molar refractivity (Wildman–Crippen MR) is 149 cm³/mol. The molecular weight excluding hydrogens is 525 g/mol. The Balaban J connectivity index is 1.24. The molecule has 0 radical (unpaired) electrons. The number of carbonyl (C=O) groups is 2. The van der Waals surface area contributed by atoms with Gasteiger partial charge in [0.05, 0.1) is 24.3 Å². The third kappa shape index (κ3) is 6.36. The van der Waals surface area contributed by atoms with Gasteiger partial charge < -0.3 is 18.6 Å². The van der Waals surface area contributed by atoms with Crippen molar-refractivity contribution in [1.29, 1.82) is 0 Å². The fraction of sp³-hybridized carbons (Fsp3) is 0.321. The summed E-state index contributed by atoms with van der Waals surface area (Å²) < 4.78 is 25.2. The molecule has 2 fully saturated rings. The van der Waals surface area contributed by atoms with E-state index in [2.05, 4.69) is 4.90 Å². The summed E-state index contributed by atoms with van der Waals surface area (Å²) >= 11 is 6.60. The molecule has 0 unspecified atom stereocenters. The Hall–Kier alpha value is -3.37. The first kappa shape index (κ1) is 26.2. The number of hydrogen-bond acceptors (Lipinski definition) is 7. The van der Waals surface area contributed by atoms with Gasteiger partial charge in [-0.15, -0.1) is 0 Å². The predicted octanol–water partition coefficient (Wildman–Crippen LogP) is 5.82. The molecule has 3 aromatic rings. The van der Waals surface area contributed by atoms with E-state index in [4.69, 9.17) is 21.1 Å². The molecule has 5 rings (SSSR count). The van der Waals surface area contributed by atoms with Gasteiger partial charge in [-0.25, -0.2) is 4.39 Å². The normalized spacial score (nSPS) is 17.0. The topological polar surface area (TPSA) is 70.1 Å². The summed E-state index contributed by atoms with van der Waals surface area (Å²) in [4.78, 5) is 32.1. The fourth-order valence-electron chi connectivity index (χ4n) is 4.52. The molecule has 4 heterocycles. The van der Waals surface area contributed by atoms with Gasteiger partial charge in [0, 0.05) is 32.1 Å². The highest BCUT2D eigenvalue weighted by Gasteiger charge is 2.32. The Morgan fingerprint density at radius 3 is 2.55 bits per heavy atom. The highest BCUT2D eigenvalue weighted by molar-refractivity contribution is 8.26. The molecule has 0 atom stereocenters. The van der Waals surface area contributed by atoms with Gasteiger partial charge in [-0.3, -0.25) is 14.5 Å². The lowest BCUT2D eigenvalue weighted by molar-refractivity contribution is -0.133. The van der Waals surface area contributed by atoms with Crippen LogP contribution in [0, 0.1) is 5.82 Å². The average molecular weight is 554 g/mol. The summed E-state index contributed by atoms with van der Waals surface area (Å²) in [5, 5.41) is 0. The van der Waals surface area contributed by atoms with Crippen LogP contribution < -0.4 is 4.90 Å². The van der Waals surface area contributed by atoms with Crippen molar-refractivity contribution in [3.05, 3.63) is 82.6 Å². The molecular formula is C28H28FN3O4S2. The molecule has 0 aliphatic carbocycles. The number of halogens is 1. The average Bonchev–Trinajstić information content (AvgIpc) is 3.67. The third-order valence-corrected chi connectivity index (χ3v) is 7.91. The van der Waals surface area contributed by atoms with Crippen LogP contribution in [0.15, 0.2) is 68.5 Å².